The highest BCUT2D eigenvalue weighted by atomic mass is 16.5. The van der Waals surface area contributed by atoms with Gasteiger partial charge in [0.15, 0.2) is 0 Å². The Morgan fingerprint density at radius 1 is 1.21 bits per heavy atom. The number of ether oxygens (including phenoxy) is 1. The highest BCUT2D eigenvalue weighted by Gasteiger charge is 2.26. The smallest absolute Gasteiger partial charge is 0.355 e. The van der Waals surface area contributed by atoms with Gasteiger partial charge in [0.25, 0.3) is 0 Å². The van der Waals surface area contributed by atoms with E-state index in [2.05, 4.69) is 11.1 Å². The Labute approximate surface area is 164 Å². The standard InChI is InChI=1S/C22H22N4O2/c1-4-18-16(13-23)19(21(26(18)3)22(27)28-5-2)14-8-10-15(11-9-14)20-17(24)7-6-12-25-20/h6-12H,4-5,24H2,1-3H3. The second-order valence-corrected chi connectivity index (χ2v) is 6.31. The van der Waals surface area contributed by atoms with Crippen molar-refractivity contribution in [1.29, 1.82) is 5.26 Å². The number of carbonyl (C=O) groups is 1. The predicted octanol–water partition coefficient (Wildman–Crippen LogP) is 3.95. The van der Waals surface area contributed by atoms with Crippen LogP contribution in [-0.2, 0) is 18.2 Å². The van der Waals surface area contributed by atoms with Crippen molar-refractivity contribution in [3.8, 4) is 28.5 Å². The van der Waals surface area contributed by atoms with E-state index in [0.29, 0.717) is 34.6 Å². The molecule has 3 aromatic rings. The molecule has 2 aromatic heterocycles. The van der Waals surface area contributed by atoms with E-state index in [0.717, 1.165) is 16.8 Å². The molecule has 3 rings (SSSR count). The summed E-state index contributed by atoms with van der Waals surface area (Å²) in [5.74, 6) is -0.436. The number of nitrogens with two attached hydrogens (primary N) is 1. The first kappa shape index (κ1) is 19.2. The minimum Gasteiger partial charge on any atom is -0.461 e. The Balaban J connectivity index is 2.17. The van der Waals surface area contributed by atoms with Crippen LogP contribution in [0.4, 0.5) is 5.69 Å². The lowest BCUT2D eigenvalue weighted by molar-refractivity contribution is 0.0516. The second kappa shape index (κ2) is 7.97. The third kappa shape index (κ3) is 3.23. The lowest BCUT2D eigenvalue weighted by atomic mass is 9.98. The van der Waals surface area contributed by atoms with Crippen LogP contribution in [0, 0.1) is 11.3 Å². The number of carbonyl (C=O) groups excluding carboxylic acids is 1. The molecule has 0 saturated heterocycles. The molecule has 2 N–H and O–H groups in total. The molecule has 0 unspecified atom stereocenters. The Hall–Kier alpha value is -3.59. The quantitative estimate of drug-likeness (QED) is 0.683. The van der Waals surface area contributed by atoms with Crippen LogP contribution in [0.1, 0.15) is 35.6 Å². The predicted molar refractivity (Wildman–Crippen MR) is 109 cm³/mol. The Bertz CT molecular complexity index is 1060. The van der Waals surface area contributed by atoms with E-state index in [-0.39, 0.29) is 6.61 Å². The lowest BCUT2D eigenvalue weighted by Crippen LogP contribution is -2.12. The molecule has 0 aliphatic carbocycles. The van der Waals surface area contributed by atoms with Crippen molar-refractivity contribution in [3.05, 3.63) is 59.5 Å². The number of nitriles is 1. The van der Waals surface area contributed by atoms with E-state index in [4.69, 9.17) is 10.5 Å². The highest BCUT2D eigenvalue weighted by Crippen LogP contribution is 2.34. The minimum atomic E-state index is -0.436. The number of nitrogen functional groups attached to an aromatic ring is 1. The molecule has 28 heavy (non-hydrogen) atoms. The van der Waals surface area contributed by atoms with Crippen molar-refractivity contribution in [2.24, 2.45) is 7.05 Å². The minimum absolute atomic E-state index is 0.269. The van der Waals surface area contributed by atoms with Gasteiger partial charge in [-0.1, -0.05) is 31.2 Å². The van der Waals surface area contributed by atoms with Gasteiger partial charge < -0.3 is 15.0 Å². The molecule has 0 fully saturated rings. The fourth-order valence-electron chi connectivity index (χ4n) is 3.44. The Kier molecular flexibility index (Phi) is 5.46. The van der Waals surface area contributed by atoms with Crippen molar-refractivity contribution in [2.45, 2.75) is 20.3 Å². The largest absolute Gasteiger partial charge is 0.461 e. The summed E-state index contributed by atoms with van der Waals surface area (Å²) in [6, 6.07) is 13.4. The first-order valence-electron chi connectivity index (χ1n) is 9.13. The lowest BCUT2D eigenvalue weighted by Gasteiger charge is -2.09. The first-order chi connectivity index (χ1) is 13.5. The zero-order valence-electron chi connectivity index (χ0n) is 16.2. The number of pyridine rings is 1. The molecule has 0 aliphatic heterocycles. The molecular formula is C22H22N4O2. The molecule has 0 spiro atoms. The molecule has 6 nitrogen and oxygen atoms in total. The van der Waals surface area contributed by atoms with Gasteiger partial charge >= 0.3 is 5.97 Å². The molecular weight excluding hydrogens is 352 g/mol. The topological polar surface area (TPSA) is 93.9 Å². The van der Waals surface area contributed by atoms with Crippen LogP contribution in [-0.4, -0.2) is 22.1 Å². The second-order valence-electron chi connectivity index (χ2n) is 6.31. The van der Waals surface area contributed by atoms with Gasteiger partial charge in [-0.25, -0.2) is 4.79 Å². The van der Waals surface area contributed by atoms with Crippen LogP contribution < -0.4 is 5.73 Å². The van der Waals surface area contributed by atoms with Gasteiger partial charge in [0, 0.05) is 30.1 Å². The summed E-state index contributed by atoms with van der Waals surface area (Å²) in [5.41, 5.74) is 11.2. The number of esters is 1. The molecule has 0 aliphatic rings. The van der Waals surface area contributed by atoms with E-state index in [1.165, 1.54) is 0 Å². The molecule has 0 amide bonds. The summed E-state index contributed by atoms with van der Waals surface area (Å²) >= 11 is 0. The highest BCUT2D eigenvalue weighted by molar-refractivity contribution is 5.98. The van der Waals surface area contributed by atoms with Gasteiger partial charge in [-0.15, -0.1) is 0 Å². The van der Waals surface area contributed by atoms with E-state index in [9.17, 15) is 10.1 Å². The van der Waals surface area contributed by atoms with Crippen molar-refractivity contribution in [2.75, 3.05) is 12.3 Å². The maximum absolute atomic E-state index is 12.6. The summed E-state index contributed by atoms with van der Waals surface area (Å²) in [6.07, 6.45) is 2.32. The normalized spacial score (nSPS) is 10.5. The summed E-state index contributed by atoms with van der Waals surface area (Å²) in [4.78, 5) is 16.9. The first-order valence-corrected chi connectivity index (χ1v) is 9.13. The van der Waals surface area contributed by atoms with Gasteiger partial charge in [-0.3, -0.25) is 4.98 Å². The number of benzene rings is 1. The summed E-state index contributed by atoms with van der Waals surface area (Å²) < 4.78 is 7.00. The van der Waals surface area contributed by atoms with Crippen molar-refractivity contribution >= 4 is 11.7 Å². The number of nitrogens with zero attached hydrogens (tertiary/aromatic N) is 3. The van der Waals surface area contributed by atoms with Gasteiger partial charge in [0.1, 0.15) is 11.8 Å². The molecule has 0 atom stereocenters. The number of hydrogen-bond donors (Lipinski definition) is 1. The SMILES string of the molecule is CCOC(=O)c1c(-c2ccc(-c3ncccc3N)cc2)c(C#N)c(CC)n1C. The van der Waals surface area contributed by atoms with Gasteiger partial charge in [0.05, 0.1) is 23.6 Å². The van der Waals surface area contributed by atoms with E-state index < -0.39 is 5.97 Å². The fourth-order valence-corrected chi connectivity index (χ4v) is 3.44. The fraction of sp³-hybridized carbons (Fsp3) is 0.227. The maximum Gasteiger partial charge on any atom is 0.355 e. The number of hydrogen-bond acceptors (Lipinski definition) is 5. The molecule has 0 radical (unpaired) electrons. The molecule has 1 aromatic carbocycles. The third-order valence-electron chi connectivity index (χ3n) is 4.72. The van der Waals surface area contributed by atoms with Crippen LogP contribution in [0.5, 0.6) is 0 Å². The number of rotatable bonds is 5. The van der Waals surface area contributed by atoms with Gasteiger partial charge in [-0.2, -0.15) is 5.26 Å². The zero-order chi connectivity index (χ0) is 20.3. The zero-order valence-corrected chi connectivity index (χ0v) is 16.2. The maximum atomic E-state index is 12.6. The van der Waals surface area contributed by atoms with Crippen LogP contribution in [0.2, 0.25) is 0 Å². The molecule has 0 bridgehead atoms. The van der Waals surface area contributed by atoms with Crippen molar-refractivity contribution in [1.82, 2.24) is 9.55 Å². The van der Waals surface area contributed by atoms with Crippen molar-refractivity contribution in [3.63, 3.8) is 0 Å². The van der Waals surface area contributed by atoms with Crippen LogP contribution in [0.25, 0.3) is 22.4 Å². The molecule has 142 valence electrons. The molecule has 2 heterocycles. The van der Waals surface area contributed by atoms with Gasteiger partial charge in [0.2, 0.25) is 0 Å². The summed E-state index contributed by atoms with van der Waals surface area (Å²) in [6.45, 7) is 3.99. The number of aromatic nitrogens is 2. The summed E-state index contributed by atoms with van der Waals surface area (Å²) in [7, 11) is 1.79. The Morgan fingerprint density at radius 3 is 2.46 bits per heavy atom. The summed E-state index contributed by atoms with van der Waals surface area (Å²) in [5, 5.41) is 9.77. The third-order valence-corrected chi connectivity index (χ3v) is 4.72. The van der Waals surface area contributed by atoms with Crippen LogP contribution in [0.15, 0.2) is 42.6 Å². The Morgan fingerprint density at radius 2 is 1.89 bits per heavy atom. The van der Waals surface area contributed by atoms with E-state index >= 15 is 0 Å². The van der Waals surface area contributed by atoms with Gasteiger partial charge in [-0.05, 0) is 31.0 Å². The number of anilines is 1. The van der Waals surface area contributed by atoms with Crippen molar-refractivity contribution < 1.29 is 9.53 Å². The van der Waals surface area contributed by atoms with Crippen LogP contribution >= 0.6 is 0 Å². The molecule has 0 saturated carbocycles. The van der Waals surface area contributed by atoms with E-state index in [1.54, 1.807) is 36.9 Å². The average molecular weight is 374 g/mol. The van der Waals surface area contributed by atoms with Crippen LogP contribution in [0.3, 0.4) is 0 Å². The average Bonchev–Trinajstić information content (AvgIpc) is 3.00. The molecule has 6 heteroatoms. The monoisotopic (exact) mass is 374 g/mol. The van der Waals surface area contributed by atoms with E-state index in [1.807, 2.05) is 31.2 Å².